The molecule has 1 saturated heterocycles. The lowest BCUT2D eigenvalue weighted by molar-refractivity contribution is -0.0512. The highest BCUT2D eigenvalue weighted by Gasteiger charge is 2.27. The standard InChI is InChI=1S/C19H20F2N2O5S/c1-27-16-9-4-13(12-17(16)28-19(20)21)18(24)22-14-5-7-15(8-6-14)29(25,26)23-10-2-3-11-23/h4-9,12,19H,2-3,10-11H2,1H3,(H,22,24). The molecule has 7 nitrogen and oxygen atoms in total. The molecule has 0 unspecified atom stereocenters. The number of nitrogens with zero attached hydrogens (tertiary/aromatic N) is 1. The predicted molar refractivity (Wildman–Crippen MR) is 102 cm³/mol. The molecule has 29 heavy (non-hydrogen) atoms. The lowest BCUT2D eigenvalue weighted by Crippen LogP contribution is -2.27. The van der Waals surface area contributed by atoms with Crippen LogP contribution in [0.2, 0.25) is 0 Å². The van der Waals surface area contributed by atoms with Gasteiger partial charge in [0.2, 0.25) is 10.0 Å². The van der Waals surface area contributed by atoms with Gasteiger partial charge in [0.15, 0.2) is 11.5 Å². The molecule has 1 amide bonds. The number of benzene rings is 2. The largest absolute Gasteiger partial charge is 0.493 e. The van der Waals surface area contributed by atoms with Crippen molar-refractivity contribution in [3.8, 4) is 11.5 Å². The first-order valence-electron chi connectivity index (χ1n) is 8.85. The van der Waals surface area contributed by atoms with Gasteiger partial charge in [-0.05, 0) is 55.3 Å². The zero-order valence-corrected chi connectivity index (χ0v) is 16.4. The Morgan fingerprint density at radius 2 is 1.72 bits per heavy atom. The minimum absolute atomic E-state index is 0.0679. The third-order valence-corrected chi connectivity index (χ3v) is 6.37. The molecule has 0 saturated carbocycles. The van der Waals surface area contributed by atoms with Crippen molar-refractivity contribution in [2.75, 3.05) is 25.5 Å². The molecule has 10 heteroatoms. The maximum atomic E-state index is 12.5. The summed E-state index contributed by atoms with van der Waals surface area (Å²) in [7, 11) is -2.25. The summed E-state index contributed by atoms with van der Waals surface area (Å²) in [5.41, 5.74) is 0.442. The van der Waals surface area contributed by atoms with Gasteiger partial charge in [-0.2, -0.15) is 13.1 Å². The van der Waals surface area contributed by atoms with Gasteiger partial charge in [-0.3, -0.25) is 4.79 Å². The second-order valence-electron chi connectivity index (χ2n) is 6.33. The molecule has 0 aliphatic carbocycles. The maximum Gasteiger partial charge on any atom is 0.387 e. The summed E-state index contributed by atoms with van der Waals surface area (Å²) in [5.74, 6) is -0.762. The molecule has 0 spiro atoms. The summed E-state index contributed by atoms with van der Waals surface area (Å²) in [4.78, 5) is 12.6. The third-order valence-electron chi connectivity index (χ3n) is 4.46. The Balaban J connectivity index is 1.74. The number of amides is 1. The molecule has 1 aliphatic rings. The van der Waals surface area contributed by atoms with Crippen LogP contribution in [0, 0.1) is 0 Å². The fourth-order valence-corrected chi connectivity index (χ4v) is 4.51. The number of halogens is 2. The zero-order chi connectivity index (χ0) is 21.0. The summed E-state index contributed by atoms with van der Waals surface area (Å²) >= 11 is 0. The summed E-state index contributed by atoms with van der Waals surface area (Å²) in [6.45, 7) is -2.06. The van der Waals surface area contributed by atoms with Crippen LogP contribution in [0.25, 0.3) is 0 Å². The number of alkyl halides is 2. The summed E-state index contributed by atoms with van der Waals surface area (Å²) in [6, 6.07) is 9.68. The van der Waals surface area contributed by atoms with Crippen LogP contribution in [0.3, 0.4) is 0 Å². The highest BCUT2D eigenvalue weighted by molar-refractivity contribution is 7.89. The van der Waals surface area contributed by atoms with Crippen molar-refractivity contribution in [3.05, 3.63) is 48.0 Å². The van der Waals surface area contributed by atoms with E-state index in [1.165, 1.54) is 47.8 Å². The van der Waals surface area contributed by atoms with Gasteiger partial charge in [0, 0.05) is 24.3 Å². The lowest BCUT2D eigenvalue weighted by Gasteiger charge is -2.16. The van der Waals surface area contributed by atoms with Crippen molar-refractivity contribution in [1.82, 2.24) is 4.31 Å². The summed E-state index contributed by atoms with van der Waals surface area (Å²) in [5, 5.41) is 2.59. The van der Waals surface area contributed by atoms with Crippen LogP contribution in [0.4, 0.5) is 14.5 Å². The molecule has 0 bridgehead atoms. The van der Waals surface area contributed by atoms with E-state index in [9.17, 15) is 22.0 Å². The predicted octanol–water partition coefficient (Wildman–Crippen LogP) is 3.33. The van der Waals surface area contributed by atoms with E-state index in [4.69, 9.17) is 4.74 Å². The molecule has 0 radical (unpaired) electrons. The number of sulfonamides is 1. The second kappa shape index (κ2) is 8.75. The van der Waals surface area contributed by atoms with Crippen LogP contribution in [0.15, 0.2) is 47.4 Å². The fraction of sp³-hybridized carbons (Fsp3) is 0.316. The number of ether oxygens (including phenoxy) is 2. The molecular weight excluding hydrogens is 406 g/mol. The van der Waals surface area contributed by atoms with Gasteiger partial charge in [-0.15, -0.1) is 0 Å². The van der Waals surface area contributed by atoms with Crippen molar-refractivity contribution >= 4 is 21.6 Å². The fourth-order valence-electron chi connectivity index (χ4n) is 3.00. The van der Waals surface area contributed by atoms with Crippen LogP contribution >= 0.6 is 0 Å². The van der Waals surface area contributed by atoms with Gasteiger partial charge < -0.3 is 14.8 Å². The molecule has 1 aliphatic heterocycles. The number of anilines is 1. The minimum Gasteiger partial charge on any atom is -0.493 e. The van der Waals surface area contributed by atoms with E-state index < -0.39 is 22.5 Å². The van der Waals surface area contributed by atoms with Crippen molar-refractivity contribution in [3.63, 3.8) is 0 Å². The normalized spacial score (nSPS) is 14.8. The molecule has 0 aromatic heterocycles. The second-order valence-corrected chi connectivity index (χ2v) is 8.27. The van der Waals surface area contributed by atoms with E-state index in [1.807, 2.05) is 0 Å². The van der Waals surface area contributed by atoms with Gasteiger partial charge >= 0.3 is 6.61 Å². The molecular formula is C19H20F2N2O5S. The minimum atomic E-state index is -3.54. The number of rotatable bonds is 7. The molecule has 2 aromatic rings. The number of carbonyl (C=O) groups is 1. The van der Waals surface area contributed by atoms with Gasteiger partial charge in [0.05, 0.1) is 12.0 Å². The number of hydrogen-bond donors (Lipinski definition) is 1. The highest BCUT2D eigenvalue weighted by Crippen LogP contribution is 2.30. The van der Waals surface area contributed by atoms with Crippen LogP contribution in [-0.4, -0.2) is 45.4 Å². The maximum absolute atomic E-state index is 12.5. The monoisotopic (exact) mass is 426 g/mol. The molecule has 1 N–H and O–H groups in total. The number of nitrogens with one attached hydrogen (secondary N) is 1. The van der Waals surface area contributed by atoms with Gasteiger partial charge in [-0.25, -0.2) is 8.42 Å². The number of carbonyl (C=O) groups excluding carboxylic acids is 1. The zero-order valence-electron chi connectivity index (χ0n) is 15.6. The van der Waals surface area contributed by atoms with E-state index in [0.29, 0.717) is 18.8 Å². The van der Waals surface area contributed by atoms with Crippen LogP contribution in [0.1, 0.15) is 23.2 Å². The smallest absolute Gasteiger partial charge is 0.387 e. The first-order valence-corrected chi connectivity index (χ1v) is 10.3. The Morgan fingerprint density at radius 3 is 2.31 bits per heavy atom. The first-order chi connectivity index (χ1) is 13.8. The Bertz CT molecular complexity index is 975. The van der Waals surface area contributed by atoms with Crippen LogP contribution in [0.5, 0.6) is 11.5 Å². The molecule has 156 valence electrons. The molecule has 3 rings (SSSR count). The van der Waals surface area contributed by atoms with Crippen LogP contribution < -0.4 is 14.8 Å². The van der Waals surface area contributed by atoms with Gasteiger partial charge in [0.1, 0.15) is 0 Å². The highest BCUT2D eigenvalue weighted by atomic mass is 32.2. The van der Waals surface area contributed by atoms with Crippen molar-refractivity contribution in [1.29, 1.82) is 0 Å². The number of hydrogen-bond acceptors (Lipinski definition) is 5. The van der Waals surface area contributed by atoms with E-state index in [-0.39, 0.29) is 22.0 Å². The van der Waals surface area contributed by atoms with Crippen molar-refractivity contribution in [2.45, 2.75) is 24.3 Å². The molecule has 2 aromatic carbocycles. The number of methoxy groups -OCH3 is 1. The van der Waals surface area contributed by atoms with Gasteiger partial charge in [-0.1, -0.05) is 0 Å². The third kappa shape index (κ3) is 4.83. The first kappa shape index (κ1) is 21.0. The van der Waals surface area contributed by atoms with Crippen molar-refractivity contribution < 1.29 is 31.5 Å². The Kier molecular flexibility index (Phi) is 6.33. The molecule has 0 atom stereocenters. The van der Waals surface area contributed by atoms with E-state index in [0.717, 1.165) is 18.9 Å². The van der Waals surface area contributed by atoms with E-state index in [2.05, 4.69) is 10.1 Å². The van der Waals surface area contributed by atoms with Crippen molar-refractivity contribution in [2.24, 2.45) is 0 Å². The Morgan fingerprint density at radius 1 is 1.07 bits per heavy atom. The Labute approximate surface area is 167 Å². The average molecular weight is 426 g/mol. The Hall–Kier alpha value is -2.72. The molecule has 1 heterocycles. The average Bonchev–Trinajstić information content (AvgIpc) is 3.23. The van der Waals surface area contributed by atoms with E-state index >= 15 is 0 Å². The summed E-state index contributed by atoms with van der Waals surface area (Å²) in [6.07, 6.45) is 1.68. The lowest BCUT2D eigenvalue weighted by atomic mass is 10.2. The van der Waals surface area contributed by atoms with Gasteiger partial charge in [0.25, 0.3) is 5.91 Å². The SMILES string of the molecule is COc1ccc(C(=O)Nc2ccc(S(=O)(=O)N3CCCC3)cc2)cc1OC(F)F. The molecule has 1 fully saturated rings. The quantitative estimate of drug-likeness (QED) is 0.734. The summed E-state index contributed by atoms with van der Waals surface area (Å²) < 4.78 is 60.9. The van der Waals surface area contributed by atoms with Crippen LogP contribution in [-0.2, 0) is 10.0 Å². The topological polar surface area (TPSA) is 84.9 Å². The van der Waals surface area contributed by atoms with E-state index in [1.54, 1.807) is 0 Å².